The fraction of sp³-hybridized carbons (Fsp3) is 0.273. The minimum Gasteiger partial charge on any atom is -0.467 e. The van der Waals surface area contributed by atoms with E-state index in [1.807, 2.05) is 18.3 Å². The second-order valence-corrected chi connectivity index (χ2v) is 3.54. The number of nitrogens with two attached hydrogens (primary N) is 1. The van der Waals surface area contributed by atoms with Crippen molar-refractivity contribution in [3.05, 3.63) is 30.1 Å². The first-order chi connectivity index (χ1) is 8.78. The predicted octanol–water partition coefficient (Wildman–Crippen LogP) is 0.512. The van der Waals surface area contributed by atoms with Gasteiger partial charge in [-0.2, -0.15) is 15.0 Å². The number of hydrogen-bond donors (Lipinski definition) is 2. The van der Waals surface area contributed by atoms with E-state index in [2.05, 4.69) is 25.3 Å². The van der Waals surface area contributed by atoms with Gasteiger partial charge in [-0.05, 0) is 18.1 Å². The number of hydrogen-bond acceptors (Lipinski definition) is 7. The van der Waals surface area contributed by atoms with Gasteiger partial charge in [0, 0.05) is 18.9 Å². The fourth-order valence-electron chi connectivity index (χ4n) is 1.41. The quantitative estimate of drug-likeness (QED) is 0.793. The molecule has 0 spiro atoms. The van der Waals surface area contributed by atoms with Gasteiger partial charge >= 0.3 is 6.01 Å². The molecular weight excluding hydrogens is 232 g/mol. The van der Waals surface area contributed by atoms with Crippen molar-refractivity contribution in [1.29, 1.82) is 0 Å². The van der Waals surface area contributed by atoms with Crippen LogP contribution in [0.25, 0.3) is 0 Å². The maximum absolute atomic E-state index is 5.53. The molecule has 7 heteroatoms. The van der Waals surface area contributed by atoms with E-state index in [-0.39, 0.29) is 12.0 Å². The molecule has 0 saturated carbocycles. The van der Waals surface area contributed by atoms with Gasteiger partial charge < -0.3 is 15.8 Å². The molecule has 0 aromatic carbocycles. The van der Waals surface area contributed by atoms with Gasteiger partial charge in [-0.1, -0.05) is 6.07 Å². The summed E-state index contributed by atoms with van der Waals surface area (Å²) < 4.78 is 4.91. The molecule has 0 radical (unpaired) electrons. The van der Waals surface area contributed by atoms with E-state index in [0.29, 0.717) is 12.5 Å². The zero-order valence-electron chi connectivity index (χ0n) is 10.00. The molecule has 0 aliphatic heterocycles. The monoisotopic (exact) mass is 246 g/mol. The number of methoxy groups -OCH3 is 1. The number of ether oxygens (including phenoxy) is 1. The number of nitrogen functional groups attached to an aromatic ring is 1. The van der Waals surface area contributed by atoms with Gasteiger partial charge in [0.1, 0.15) is 0 Å². The summed E-state index contributed by atoms with van der Waals surface area (Å²) in [5.74, 6) is 0.536. The highest BCUT2D eigenvalue weighted by Gasteiger charge is 2.03. The lowest BCUT2D eigenvalue weighted by Crippen LogP contribution is -2.11. The van der Waals surface area contributed by atoms with Crippen LogP contribution in [0, 0.1) is 0 Å². The minimum atomic E-state index is 0.130. The Morgan fingerprint density at radius 3 is 2.94 bits per heavy atom. The van der Waals surface area contributed by atoms with E-state index in [4.69, 9.17) is 10.5 Å². The molecule has 0 atom stereocenters. The lowest BCUT2D eigenvalue weighted by atomic mass is 10.2. The van der Waals surface area contributed by atoms with Gasteiger partial charge in [-0.3, -0.25) is 4.98 Å². The maximum atomic E-state index is 5.53. The molecule has 94 valence electrons. The molecule has 0 aliphatic carbocycles. The fourth-order valence-corrected chi connectivity index (χ4v) is 1.41. The van der Waals surface area contributed by atoms with Crippen LogP contribution >= 0.6 is 0 Å². The Morgan fingerprint density at radius 1 is 1.33 bits per heavy atom. The van der Waals surface area contributed by atoms with Crippen LogP contribution in [-0.2, 0) is 6.42 Å². The third kappa shape index (κ3) is 3.27. The normalized spacial score (nSPS) is 10.1. The van der Waals surface area contributed by atoms with Crippen molar-refractivity contribution >= 4 is 11.9 Å². The molecule has 0 aliphatic rings. The second kappa shape index (κ2) is 5.76. The number of nitrogens with one attached hydrogen (secondary N) is 1. The highest BCUT2D eigenvalue weighted by atomic mass is 16.5. The predicted molar refractivity (Wildman–Crippen MR) is 67.2 cm³/mol. The van der Waals surface area contributed by atoms with Crippen LogP contribution in [0.15, 0.2) is 24.5 Å². The summed E-state index contributed by atoms with van der Waals surface area (Å²) >= 11 is 0. The molecule has 2 aromatic heterocycles. The summed E-state index contributed by atoms with van der Waals surface area (Å²) in [4.78, 5) is 15.8. The van der Waals surface area contributed by atoms with Crippen molar-refractivity contribution in [3.8, 4) is 6.01 Å². The zero-order chi connectivity index (χ0) is 12.8. The molecule has 0 bridgehead atoms. The summed E-state index contributed by atoms with van der Waals surface area (Å²) in [7, 11) is 1.48. The molecule has 2 aromatic rings. The van der Waals surface area contributed by atoms with E-state index < -0.39 is 0 Å². The van der Waals surface area contributed by atoms with Crippen LogP contribution in [0.4, 0.5) is 11.9 Å². The molecule has 2 heterocycles. The van der Waals surface area contributed by atoms with E-state index >= 15 is 0 Å². The third-order valence-corrected chi connectivity index (χ3v) is 2.23. The van der Waals surface area contributed by atoms with Crippen LogP contribution in [0.2, 0.25) is 0 Å². The van der Waals surface area contributed by atoms with Crippen molar-refractivity contribution in [2.45, 2.75) is 6.42 Å². The molecule has 7 nitrogen and oxygen atoms in total. The largest absolute Gasteiger partial charge is 0.467 e. The van der Waals surface area contributed by atoms with Crippen molar-refractivity contribution in [1.82, 2.24) is 19.9 Å². The molecule has 18 heavy (non-hydrogen) atoms. The van der Waals surface area contributed by atoms with E-state index in [1.54, 1.807) is 6.20 Å². The van der Waals surface area contributed by atoms with Crippen LogP contribution in [0.5, 0.6) is 6.01 Å². The molecular formula is C11H14N6O. The van der Waals surface area contributed by atoms with Crippen LogP contribution < -0.4 is 15.8 Å². The van der Waals surface area contributed by atoms with Crippen LogP contribution in [0.3, 0.4) is 0 Å². The number of nitrogens with zero attached hydrogens (tertiary/aromatic N) is 4. The highest BCUT2D eigenvalue weighted by molar-refractivity contribution is 5.32. The first-order valence-electron chi connectivity index (χ1n) is 5.46. The lowest BCUT2D eigenvalue weighted by Gasteiger charge is -2.06. The van der Waals surface area contributed by atoms with Gasteiger partial charge in [0.05, 0.1) is 7.11 Å². The number of anilines is 2. The van der Waals surface area contributed by atoms with Gasteiger partial charge in [0.25, 0.3) is 0 Å². The van der Waals surface area contributed by atoms with Crippen molar-refractivity contribution in [2.75, 3.05) is 24.7 Å². The SMILES string of the molecule is COc1nc(N)nc(NCCc2cccnc2)n1. The summed E-state index contributed by atoms with van der Waals surface area (Å²) in [5.41, 5.74) is 6.66. The summed E-state index contributed by atoms with van der Waals surface area (Å²) in [6.45, 7) is 0.679. The highest BCUT2D eigenvalue weighted by Crippen LogP contribution is 2.08. The second-order valence-electron chi connectivity index (χ2n) is 3.54. The third-order valence-electron chi connectivity index (χ3n) is 2.23. The summed E-state index contributed by atoms with van der Waals surface area (Å²) in [5, 5.41) is 3.06. The van der Waals surface area contributed by atoms with Crippen LogP contribution in [0.1, 0.15) is 5.56 Å². The zero-order valence-corrected chi connectivity index (χ0v) is 10.00. The average Bonchev–Trinajstić information content (AvgIpc) is 2.39. The molecule has 0 fully saturated rings. The first kappa shape index (κ1) is 12.0. The molecule has 2 rings (SSSR count). The Hall–Kier alpha value is -2.44. The summed E-state index contributed by atoms with van der Waals surface area (Å²) in [6.07, 6.45) is 4.39. The maximum Gasteiger partial charge on any atom is 0.322 e. The van der Waals surface area contributed by atoms with E-state index in [9.17, 15) is 0 Å². The van der Waals surface area contributed by atoms with Gasteiger partial charge in [0.2, 0.25) is 11.9 Å². The molecule has 3 N–H and O–H groups in total. The summed E-state index contributed by atoms with van der Waals surface area (Å²) in [6, 6.07) is 4.11. The van der Waals surface area contributed by atoms with Crippen molar-refractivity contribution < 1.29 is 4.74 Å². The molecule has 0 saturated heterocycles. The van der Waals surface area contributed by atoms with Gasteiger partial charge in [-0.25, -0.2) is 0 Å². The number of pyridine rings is 1. The number of aromatic nitrogens is 4. The van der Waals surface area contributed by atoms with Gasteiger partial charge in [-0.15, -0.1) is 0 Å². The van der Waals surface area contributed by atoms with Crippen molar-refractivity contribution in [2.24, 2.45) is 0 Å². The smallest absolute Gasteiger partial charge is 0.322 e. The van der Waals surface area contributed by atoms with Crippen LogP contribution in [-0.4, -0.2) is 33.6 Å². The number of rotatable bonds is 5. The minimum absolute atomic E-state index is 0.130. The van der Waals surface area contributed by atoms with Crippen molar-refractivity contribution in [3.63, 3.8) is 0 Å². The van der Waals surface area contributed by atoms with E-state index in [0.717, 1.165) is 12.0 Å². The molecule has 0 unspecified atom stereocenters. The Morgan fingerprint density at radius 2 is 2.22 bits per heavy atom. The Bertz CT molecular complexity index is 504. The molecule has 0 amide bonds. The topological polar surface area (TPSA) is 98.8 Å². The Labute approximate surface area is 104 Å². The Kier molecular flexibility index (Phi) is 3.85. The standard InChI is InChI=1S/C11H14N6O/c1-18-11-16-9(12)15-10(17-11)14-6-4-8-3-2-5-13-7-8/h2-3,5,7H,4,6H2,1H3,(H3,12,14,15,16,17). The van der Waals surface area contributed by atoms with Gasteiger partial charge in [0.15, 0.2) is 0 Å². The van der Waals surface area contributed by atoms with E-state index in [1.165, 1.54) is 7.11 Å². The first-order valence-corrected chi connectivity index (χ1v) is 5.46. The average molecular weight is 246 g/mol. The lowest BCUT2D eigenvalue weighted by molar-refractivity contribution is 0.379. The Balaban J connectivity index is 1.92.